The Bertz CT molecular complexity index is 568. The molecular formula is C11H18ClN3O3S. The number of aryl methyl sites for hydroxylation is 1. The predicted molar refractivity (Wildman–Crippen MR) is 71.6 cm³/mol. The van der Waals surface area contributed by atoms with Crippen LogP contribution in [0, 0.1) is 0 Å². The summed E-state index contributed by atoms with van der Waals surface area (Å²) in [4.78, 5) is 3.84. The van der Waals surface area contributed by atoms with Gasteiger partial charge in [0.1, 0.15) is 5.15 Å². The van der Waals surface area contributed by atoms with Crippen molar-refractivity contribution in [3.05, 3.63) is 11.5 Å². The first kappa shape index (κ1) is 14.8. The zero-order chi connectivity index (χ0) is 14.3. The van der Waals surface area contributed by atoms with Gasteiger partial charge < -0.3 is 9.30 Å². The third kappa shape index (κ3) is 3.28. The molecule has 1 aliphatic heterocycles. The van der Waals surface area contributed by atoms with E-state index in [9.17, 15) is 8.42 Å². The number of sulfonamides is 1. The third-order valence-corrected chi connectivity index (χ3v) is 5.12. The molecule has 1 aromatic heterocycles. The molecule has 1 N–H and O–H groups in total. The van der Waals surface area contributed by atoms with Crippen molar-refractivity contribution in [2.75, 3.05) is 6.61 Å². The van der Waals surface area contributed by atoms with Gasteiger partial charge >= 0.3 is 0 Å². The molecule has 0 aliphatic carbocycles. The summed E-state index contributed by atoms with van der Waals surface area (Å²) in [6, 6.07) is -0.160. The van der Waals surface area contributed by atoms with Crippen LogP contribution in [-0.2, 0) is 21.8 Å². The van der Waals surface area contributed by atoms with Gasteiger partial charge in [0, 0.05) is 19.7 Å². The van der Waals surface area contributed by atoms with E-state index >= 15 is 0 Å². The van der Waals surface area contributed by atoms with E-state index in [1.54, 1.807) is 7.05 Å². The molecule has 19 heavy (non-hydrogen) atoms. The molecule has 8 heteroatoms. The lowest BCUT2D eigenvalue weighted by Gasteiger charge is -2.35. The minimum atomic E-state index is -3.69. The average molecular weight is 308 g/mol. The number of ether oxygens (including phenoxy) is 1. The maximum absolute atomic E-state index is 12.2. The van der Waals surface area contributed by atoms with Crippen molar-refractivity contribution in [2.24, 2.45) is 7.05 Å². The smallest absolute Gasteiger partial charge is 0.261 e. The highest BCUT2D eigenvalue weighted by molar-refractivity contribution is 7.89. The Morgan fingerprint density at radius 3 is 2.79 bits per heavy atom. The zero-order valence-electron chi connectivity index (χ0n) is 11.2. The fraction of sp³-hybridized carbons (Fsp3) is 0.727. The van der Waals surface area contributed by atoms with Gasteiger partial charge in [0.2, 0.25) is 5.03 Å². The van der Waals surface area contributed by atoms with E-state index in [4.69, 9.17) is 16.3 Å². The number of hydrogen-bond acceptors (Lipinski definition) is 4. The number of aromatic nitrogens is 2. The highest BCUT2D eigenvalue weighted by atomic mass is 35.5. The number of hydrogen-bond donors (Lipinski definition) is 1. The van der Waals surface area contributed by atoms with E-state index in [1.165, 1.54) is 10.9 Å². The zero-order valence-corrected chi connectivity index (χ0v) is 12.8. The molecule has 0 amide bonds. The topological polar surface area (TPSA) is 73.2 Å². The minimum Gasteiger partial charge on any atom is -0.375 e. The van der Waals surface area contributed by atoms with Crippen LogP contribution in [0.3, 0.4) is 0 Å². The Balaban J connectivity index is 2.16. The third-order valence-electron chi connectivity index (χ3n) is 3.11. The molecule has 6 nitrogen and oxygen atoms in total. The Labute approximate surface area is 118 Å². The molecule has 0 bridgehead atoms. The second kappa shape index (κ2) is 5.05. The molecule has 0 aromatic carbocycles. The summed E-state index contributed by atoms with van der Waals surface area (Å²) in [6.07, 6.45) is 2.65. The van der Waals surface area contributed by atoms with Crippen LogP contribution in [0.25, 0.3) is 0 Å². The summed E-state index contributed by atoms with van der Waals surface area (Å²) in [5.74, 6) is 0. The Kier molecular flexibility index (Phi) is 3.92. The van der Waals surface area contributed by atoms with Gasteiger partial charge in [-0.3, -0.25) is 0 Å². The number of halogens is 1. The second-order valence-corrected chi connectivity index (χ2v) is 7.36. The van der Waals surface area contributed by atoms with Crippen molar-refractivity contribution >= 4 is 21.6 Å². The lowest BCUT2D eigenvalue weighted by atomic mass is 9.95. The normalized spacial score (nSPS) is 23.5. The summed E-state index contributed by atoms with van der Waals surface area (Å²) in [5, 5.41) is -0.0141. The van der Waals surface area contributed by atoms with Gasteiger partial charge in [-0.25, -0.2) is 18.1 Å². The minimum absolute atomic E-state index is 0.110. The number of nitrogens with one attached hydrogen (secondary N) is 1. The average Bonchev–Trinajstić information content (AvgIpc) is 2.58. The van der Waals surface area contributed by atoms with Crippen LogP contribution in [0.5, 0.6) is 0 Å². The molecule has 2 heterocycles. The van der Waals surface area contributed by atoms with Crippen molar-refractivity contribution in [3.63, 3.8) is 0 Å². The monoisotopic (exact) mass is 307 g/mol. The second-order valence-electron chi connectivity index (χ2n) is 5.37. The molecule has 0 saturated carbocycles. The number of imidazole rings is 1. The van der Waals surface area contributed by atoms with Crippen LogP contribution in [0.15, 0.2) is 11.4 Å². The van der Waals surface area contributed by atoms with Gasteiger partial charge in [-0.1, -0.05) is 11.6 Å². The van der Waals surface area contributed by atoms with Gasteiger partial charge in [0.15, 0.2) is 0 Å². The van der Waals surface area contributed by atoms with Crippen molar-refractivity contribution < 1.29 is 13.2 Å². The van der Waals surface area contributed by atoms with E-state index in [0.717, 1.165) is 0 Å². The molecule has 0 radical (unpaired) electrons. The van der Waals surface area contributed by atoms with Crippen molar-refractivity contribution in [1.29, 1.82) is 0 Å². The Morgan fingerprint density at radius 1 is 1.58 bits per heavy atom. The van der Waals surface area contributed by atoms with E-state index in [0.29, 0.717) is 19.4 Å². The standard InChI is InChI=1S/C11H18ClN3O3S/c1-11(2)6-8(4-5-18-11)14-19(16,17)10-9(12)15(3)7-13-10/h7-8,14H,4-6H2,1-3H3. The van der Waals surface area contributed by atoms with Crippen LogP contribution >= 0.6 is 11.6 Å². The Morgan fingerprint density at radius 2 is 2.26 bits per heavy atom. The van der Waals surface area contributed by atoms with Gasteiger partial charge in [-0.15, -0.1) is 0 Å². The van der Waals surface area contributed by atoms with Gasteiger partial charge in [-0.2, -0.15) is 0 Å². The fourth-order valence-electron chi connectivity index (χ4n) is 2.18. The van der Waals surface area contributed by atoms with Crippen LogP contribution in [0.1, 0.15) is 26.7 Å². The van der Waals surface area contributed by atoms with Crippen LogP contribution < -0.4 is 4.72 Å². The summed E-state index contributed by atoms with van der Waals surface area (Å²) in [6.45, 7) is 4.43. The molecule has 1 aromatic rings. The largest absolute Gasteiger partial charge is 0.375 e. The highest BCUT2D eigenvalue weighted by Gasteiger charge is 2.33. The predicted octanol–water partition coefficient (Wildman–Crippen LogP) is 1.31. The van der Waals surface area contributed by atoms with Crippen molar-refractivity contribution in [2.45, 2.75) is 43.4 Å². The first-order chi connectivity index (χ1) is 8.71. The molecule has 1 aliphatic rings. The van der Waals surface area contributed by atoms with Crippen molar-refractivity contribution in [1.82, 2.24) is 14.3 Å². The lowest BCUT2D eigenvalue weighted by Crippen LogP contribution is -2.45. The van der Waals surface area contributed by atoms with E-state index in [2.05, 4.69) is 9.71 Å². The van der Waals surface area contributed by atoms with E-state index < -0.39 is 10.0 Å². The first-order valence-electron chi connectivity index (χ1n) is 6.04. The van der Waals surface area contributed by atoms with E-state index in [-0.39, 0.29) is 21.8 Å². The molecule has 1 saturated heterocycles. The van der Waals surface area contributed by atoms with Crippen molar-refractivity contribution in [3.8, 4) is 0 Å². The highest BCUT2D eigenvalue weighted by Crippen LogP contribution is 2.26. The first-order valence-corrected chi connectivity index (χ1v) is 7.90. The van der Waals surface area contributed by atoms with Gasteiger partial charge in [-0.05, 0) is 26.7 Å². The molecule has 1 fully saturated rings. The fourth-order valence-corrected chi connectivity index (χ4v) is 3.88. The van der Waals surface area contributed by atoms with Gasteiger partial charge in [0.05, 0.1) is 11.9 Å². The summed E-state index contributed by atoms with van der Waals surface area (Å²) in [7, 11) is -2.04. The summed E-state index contributed by atoms with van der Waals surface area (Å²) < 4.78 is 34.1. The molecule has 1 atom stereocenters. The lowest BCUT2D eigenvalue weighted by molar-refractivity contribution is -0.0599. The number of rotatable bonds is 3. The molecule has 1 unspecified atom stereocenters. The summed E-state index contributed by atoms with van der Waals surface area (Å²) >= 11 is 5.92. The molecule has 0 spiro atoms. The maximum atomic E-state index is 12.2. The summed E-state index contributed by atoms with van der Waals surface area (Å²) in [5.41, 5.74) is -0.320. The van der Waals surface area contributed by atoms with Crippen LogP contribution in [0.2, 0.25) is 5.15 Å². The SMILES string of the molecule is Cn1cnc(S(=O)(=O)NC2CCOC(C)(C)C2)c1Cl. The quantitative estimate of drug-likeness (QED) is 0.914. The Hall–Kier alpha value is -0.630. The molecule has 108 valence electrons. The van der Waals surface area contributed by atoms with Gasteiger partial charge in [0.25, 0.3) is 10.0 Å². The van der Waals surface area contributed by atoms with E-state index in [1.807, 2.05) is 13.8 Å². The number of nitrogens with zero attached hydrogens (tertiary/aromatic N) is 2. The van der Waals surface area contributed by atoms with Crippen LogP contribution in [-0.4, -0.2) is 36.2 Å². The maximum Gasteiger partial charge on any atom is 0.261 e. The molecular weight excluding hydrogens is 290 g/mol. The molecule has 2 rings (SSSR count). The van der Waals surface area contributed by atoms with Crippen LogP contribution in [0.4, 0.5) is 0 Å².